The van der Waals surface area contributed by atoms with Crippen molar-refractivity contribution in [2.75, 3.05) is 13.6 Å². The van der Waals surface area contributed by atoms with Crippen LogP contribution >= 0.6 is 0 Å². The average molecular weight is 404 g/mol. The molecule has 3 aliphatic rings. The molecule has 5 nitrogen and oxygen atoms in total. The lowest BCUT2D eigenvalue weighted by atomic mass is 9.61. The van der Waals surface area contributed by atoms with Crippen LogP contribution in [0.15, 0.2) is 0 Å². The van der Waals surface area contributed by atoms with Crippen LogP contribution in [0, 0.1) is 40.9 Å². The van der Waals surface area contributed by atoms with Crippen LogP contribution in [0.4, 0.5) is 0 Å². The molecule has 1 saturated heterocycles. The molecule has 0 spiro atoms. The van der Waals surface area contributed by atoms with E-state index in [0.29, 0.717) is 23.8 Å². The number of hydrogen-bond acceptors (Lipinski definition) is 4. The van der Waals surface area contributed by atoms with Crippen molar-refractivity contribution < 1.29 is 9.90 Å². The molecule has 2 saturated carbocycles. The number of aliphatic carboxylic acids is 1. The van der Waals surface area contributed by atoms with Crippen molar-refractivity contribution in [3.05, 3.63) is 0 Å². The molecule has 0 amide bonds. The van der Waals surface area contributed by atoms with Gasteiger partial charge in [-0.15, -0.1) is 0 Å². The number of fused-ring (bicyclic) bond motifs is 1. The van der Waals surface area contributed by atoms with Gasteiger partial charge in [-0.05, 0) is 69.2 Å². The number of unbranched alkanes of at least 4 members (excludes halogenated alkanes) is 2. The molecule has 3 fully saturated rings. The Morgan fingerprint density at radius 3 is 2.69 bits per heavy atom. The van der Waals surface area contributed by atoms with E-state index in [0.717, 1.165) is 25.2 Å². The highest BCUT2D eigenvalue weighted by Crippen LogP contribution is 2.47. The highest BCUT2D eigenvalue weighted by Gasteiger charge is 2.45. The van der Waals surface area contributed by atoms with E-state index in [4.69, 9.17) is 0 Å². The van der Waals surface area contributed by atoms with Crippen LogP contribution < -0.4 is 5.32 Å². The third-order valence-corrected chi connectivity index (χ3v) is 8.10. The van der Waals surface area contributed by atoms with Crippen molar-refractivity contribution in [1.82, 2.24) is 10.2 Å². The number of carbonyl (C=O) groups is 1. The normalized spacial score (nSPS) is 37.7. The summed E-state index contributed by atoms with van der Waals surface area (Å²) in [6, 6.07) is 3.06. The van der Waals surface area contributed by atoms with Crippen LogP contribution in [0.2, 0.25) is 0 Å². The zero-order valence-corrected chi connectivity index (χ0v) is 18.5. The molecule has 164 valence electrons. The fraction of sp³-hybridized carbons (Fsp3) is 0.917. The zero-order chi connectivity index (χ0) is 20.8. The van der Waals surface area contributed by atoms with E-state index < -0.39 is 5.97 Å². The summed E-state index contributed by atoms with van der Waals surface area (Å²) in [4.78, 5) is 13.3. The molecule has 0 bridgehead atoms. The predicted octanol–water partition coefficient (Wildman–Crippen LogP) is 4.63. The van der Waals surface area contributed by atoms with Crippen LogP contribution in [0.5, 0.6) is 0 Å². The molecule has 7 unspecified atom stereocenters. The molecule has 0 aromatic carbocycles. The Labute approximate surface area is 177 Å². The molecule has 2 aliphatic carbocycles. The van der Waals surface area contributed by atoms with Crippen LogP contribution in [-0.2, 0) is 4.79 Å². The topological polar surface area (TPSA) is 76.4 Å². The number of nitriles is 1. The van der Waals surface area contributed by atoms with Gasteiger partial charge in [0.15, 0.2) is 0 Å². The molecular formula is C24H41N3O2. The summed E-state index contributed by atoms with van der Waals surface area (Å²) in [5.74, 6) is 2.30. The third kappa shape index (κ3) is 5.95. The van der Waals surface area contributed by atoms with E-state index in [1.165, 1.54) is 57.8 Å². The minimum Gasteiger partial charge on any atom is -0.480 e. The Hall–Kier alpha value is -1.12. The maximum Gasteiger partial charge on any atom is 0.317 e. The van der Waals surface area contributed by atoms with Gasteiger partial charge in [-0.3, -0.25) is 15.0 Å². The van der Waals surface area contributed by atoms with Crippen LogP contribution in [0.1, 0.15) is 84.0 Å². The minimum atomic E-state index is -0.755. The first-order valence-electron chi connectivity index (χ1n) is 12.1. The molecular weight excluding hydrogens is 362 g/mol. The molecule has 0 radical (unpaired) electrons. The highest BCUT2D eigenvalue weighted by atomic mass is 16.4. The second-order valence-electron chi connectivity index (χ2n) is 10.1. The van der Waals surface area contributed by atoms with Crippen molar-refractivity contribution in [3.63, 3.8) is 0 Å². The molecule has 1 heterocycles. The van der Waals surface area contributed by atoms with Gasteiger partial charge in [-0.25, -0.2) is 0 Å². The summed E-state index contributed by atoms with van der Waals surface area (Å²) in [5.41, 5.74) is 0. The summed E-state index contributed by atoms with van der Waals surface area (Å²) in [7, 11) is 1.94. The third-order valence-electron chi connectivity index (χ3n) is 8.10. The molecule has 5 heteroatoms. The van der Waals surface area contributed by atoms with E-state index >= 15 is 0 Å². The van der Waals surface area contributed by atoms with Gasteiger partial charge in [-0.1, -0.05) is 45.4 Å². The second-order valence-corrected chi connectivity index (χ2v) is 10.1. The van der Waals surface area contributed by atoms with E-state index in [-0.39, 0.29) is 18.6 Å². The Morgan fingerprint density at radius 1 is 1.14 bits per heavy atom. The molecule has 0 aromatic rings. The molecule has 1 aliphatic heterocycles. The highest BCUT2D eigenvalue weighted by molar-refractivity contribution is 5.69. The quantitative estimate of drug-likeness (QED) is 0.578. The SMILES string of the molecule is CCCCCC1CCC2NC(N(C)CC(=O)O)CC(C3CCCC(C#N)C3)C2C1. The number of piperidine rings is 1. The molecule has 3 rings (SSSR count). The first kappa shape index (κ1) is 22.6. The lowest BCUT2D eigenvalue weighted by molar-refractivity contribution is -0.139. The Kier molecular flexibility index (Phi) is 8.38. The van der Waals surface area contributed by atoms with Gasteiger partial charge in [0, 0.05) is 12.0 Å². The largest absolute Gasteiger partial charge is 0.480 e. The van der Waals surface area contributed by atoms with Crippen molar-refractivity contribution in [2.45, 2.75) is 96.2 Å². The Morgan fingerprint density at radius 2 is 1.97 bits per heavy atom. The number of nitrogens with zero attached hydrogens (tertiary/aromatic N) is 2. The number of rotatable bonds is 8. The monoisotopic (exact) mass is 403 g/mol. The van der Waals surface area contributed by atoms with Crippen LogP contribution in [0.25, 0.3) is 0 Å². The van der Waals surface area contributed by atoms with Gasteiger partial charge >= 0.3 is 5.97 Å². The lowest BCUT2D eigenvalue weighted by Crippen LogP contribution is -2.60. The fourth-order valence-corrected chi connectivity index (χ4v) is 6.58. The first-order chi connectivity index (χ1) is 14.0. The predicted molar refractivity (Wildman–Crippen MR) is 115 cm³/mol. The van der Waals surface area contributed by atoms with Gasteiger partial charge in [0.2, 0.25) is 0 Å². The zero-order valence-electron chi connectivity index (χ0n) is 18.5. The maximum absolute atomic E-state index is 11.3. The standard InChI is InChI=1S/C24H41N3O2/c1-3-4-5-7-17-10-11-22-21(13-17)20(19-9-6-8-18(12-19)15-25)14-23(26-22)27(2)16-24(28)29/h17-23,26H,3-14,16H2,1-2H3,(H,28,29). The Bertz CT molecular complexity index is 575. The van der Waals surface area contributed by atoms with E-state index in [9.17, 15) is 15.2 Å². The van der Waals surface area contributed by atoms with Gasteiger partial charge < -0.3 is 5.11 Å². The maximum atomic E-state index is 11.3. The fourth-order valence-electron chi connectivity index (χ4n) is 6.58. The van der Waals surface area contributed by atoms with Gasteiger partial charge in [0.25, 0.3) is 0 Å². The number of nitrogens with one attached hydrogen (secondary N) is 1. The van der Waals surface area contributed by atoms with Gasteiger partial charge in [0.05, 0.1) is 18.8 Å². The number of carboxylic acid groups (broad SMARTS) is 1. The second kappa shape index (κ2) is 10.8. The van der Waals surface area contributed by atoms with E-state index in [1.54, 1.807) is 0 Å². The van der Waals surface area contributed by atoms with E-state index in [1.807, 2.05) is 11.9 Å². The number of hydrogen-bond donors (Lipinski definition) is 2. The summed E-state index contributed by atoms with van der Waals surface area (Å²) in [6.07, 6.45) is 15.0. The minimum absolute atomic E-state index is 0.0902. The molecule has 7 atom stereocenters. The lowest BCUT2D eigenvalue weighted by Gasteiger charge is -2.52. The van der Waals surface area contributed by atoms with Crippen molar-refractivity contribution in [3.8, 4) is 6.07 Å². The summed E-state index contributed by atoms with van der Waals surface area (Å²) >= 11 is 0. The average Bonchev–Trinajstić information content (AvgIpc) is 2.72. The van der Waals surface area contributed by atoms with Crippen molar-refractivity contribution in [2.24, 2.45) is 29.6 Å². The molecule has 29 heavy (non-hydrogen) atoms. The van der Waals surface area contributed by atoms with Crippen molar-refractivity contribution >= 4 is 5.97 Å². The summed E-state index contributed by atoms with van der Waals surface area (Å²) < 4.78 is 0. The number of carboxylic acids is 1. The summed E-state index contributed by atoms with van der Waals surface area (Å²) in [5, 5.41) is 22.6. The Balaban J connectivity index is 1.71. The van der Waals surface area contributed by atoms with Gasteiger partial charge in [0.1, 0.15) is 0 Å². The molecule has 2 N–H and O–H groups in total. The summed E-state index contributed by atoms with van der Waals surface area (Å²) in [6.45, 7) is 2.37. The number of likely N-dealkylation sites (N-methyl/N-ethyl adjacent to an activating group) is 1. The smallest absolute Gasteiger partial charge is 0.317 e. The molecule has 0 aromatic heterocycles. The van der Waals surface area contributed by atoms with Crippen molar-refractivity contribution in [1.29, 1.82) is 5.26 Å². The first-order valence-corrected chi connectivity index (χ1v) is 12.1. The van der Waals surface area contributed by atoms with Crippen LogP contribution in [0.3, 0.4) is 0 Å². The van der Waals surface area contributed by atoms with E-state index in [2.05, 4.69) is 18.3 Å². The van der Waals surface area contributed by atoms with Gasteiger partial charge in [-0.2, -0.15) is 5.26 Å². The van der Waals surface area contributed by atoms with Crippen LogP contribution in [-0.4, -0.2) is 41.8 Å².